The summed E-state index contributed by atoms with van der Waals surface area (Å²) in [6, 6.07) is 17.8. The van der Waals surface area contributed by atoms with E-state index >= 15 is 0 Å². The summed E-state index contributed by atoms with van der Waals surface area (Å²) in [5.74, 6) is 0. The summed E-state index contributed by atoms with van der Waals surface area (Å²) in [4.78, 5) is 65.4. The Labute approximate surface area is 376 Å². The van der Waals surface area contributed by atoms with Crippen LogP contribution in [0, 0.1) is 0 Å². The van der Waals surface area contributed by atoms with Crippen LogP contribution in [0.2, 0.25) is 18.1 Å². The standard InChI is InChI=1S/C23H24N2O6.C22H37BrN2O6Si/c26-12-20-19(27)10-21(31-20)25-11-17(22(28)24-23(25)29)14-30-13-16-8-4-5-9-18(16)15-6-2-1-3-7-15;1-10-15-16(31-32(8,9)22(5,6)7)11-17(29-15)24-13-14(12-23)18(26)25(19(24)27)20(28)30-21(2,3)4/h1-9,11,19-21,26-27H,10,12-14H2,(H,24,28,29);13,15-17H,10-12H2,1-9H3/t19-,20-,21-;15-,16-,17-/m11/s1. The maximum Gasteiger partial charge on any atom is 0.425 e. The Morgan fingerprint density at radius 1 is 0.857 bits per heavy atom. The highest BCUT2D eigenvalue weighted by atomic mass is 79.9. The van der Waals surface area contributed by atoms with E-state index in [0.717, 1.165) is 23.1 Å². The van der Waals surface area contributed by atoms with Crippen LogP contribution in [0.25, 0.3) is 11.1 Å². The fourth-order valence-electron chi connectivity index (χ4n) is 7.01. The van der Waals surface area contributed by atoms with Crippen molar-refractivity contribution in [1.82, 2.24) is 18.7 Å². The van der Waals surface area contributed by atoms with Crippen LogP contribution in [0.4, 0.5) is 4.79 Å². The minimum atomic E-state index is -2.06. The summed E-state index contributed by atoms with van der Waals surface area (Å²) in [5, 5.41) is 19.4. The Morgan fingerprint density at radius 2 is 1.46 bits per heavy atom. The number of rotatable bonds is 12. The first kappa shape index (κ1) is 49.7. The molecule has 0 bridgehead atoms. The van der Waals surface area contributed by atoms with Crippen LogP contribution in [0.1, 0.15) is 96.9 Å². The molecule has 0 saturated carbocycles. The number of nitrogens with one attached hydrogen (secondary N) is 1. The predicted octanol–water partition coefficient (Wildman–Crippen LogP) is 6.34. The first-order valence-corrected chi connectivity index (χ1v) is 25.1. The van der Waals surface area contributed by atoms with Crippen molar-refractivity contribution in [3.8, 4) is 11.1 Å². The molecule has 0 aliphatic carbocycles. The highest BCUT2D eigenvalue weighted by Gasteiger charge is 2.45. The summed E-state index contributed by atoms with van der Waals surface area (Å²) in [7, 11) is -2.06. The lowest BCUT2D eigenvalue weighted by Gasteiger charge is -2.39. The quantitative estimate of drug-likeness (QED) is 0.105. The number of alkyl halides is 1. The third-order valence-corrected chi connectivity index (χ3v) is 16.5. The number of aliphatic hydroxyl groups excluding tert-OH is 2. The van der Waals surface area contributed by atoms with Gasteiger partial charge in [0.05, 0.1) is 43.7 Å². The van der Waals surface area contributed by atoms with Gasteiger partial charge in [-0.25, -0.2) is 14.4 Å². The van der Waals surface area contributed by atoms with E-state index in [-0.39, 0.29) is 59.9 Å². The Bertz CT molecular complexity index is 2440. The fraction of sp³-hybridized carbons (Fsp3) is 0.533. The molecule has 63 heavy (non-hydrogen) atoms. The zero-order valence-corrected chi connectivity index (χ0v) is 40.0. The van der Waals surface area contributed by atoms with Crippen LogP contribution in [-0.2, 0) is 41.9 Å². The average molecular weight is 958 g/mol. The van der Waals surface area contributed by atoms with Gasteiger partial charge in [0.2, 0.25) is 0 Å². The molecule has 0 spiro atoms. The van der Waals surface area contributed by atoms with Gasteiger partial charge in [0.25, 0.3) is 11.1 Å². The number of carbonyl (C=O) groups is 1. The molecule has 0 unspecified atom stereocenters. The fourth-order valence-corrected chi connectivity index (χ4v) is 8.76. The molecule has 18 heteroatoms. The normalized spacial score (nSPS) is 21.5. The lowest BCUT2D eigenvalue weighted by atomic mass is 10.0. The number of carbonyl (C=O) groups excluding carboxylic acids is 1. The van der Waals surface area contributed by atoms with Gasteiger partial charge in [-0.05, 0) is 62.0 Å². The van der Waals surface area contributed by atoms with Crippen molar-refractivity contribution in [3.05, 3.63) is 125 Å². The summed E-state index contributed by atoms with van der Waals surface area (Å²) in [5.41, 5.74) is 0.132. The van der Waals surface area contributed by atoms with Gasteiger partial charge in [-0.1, -0.05) is 98.2 Å². The van der Waals surface area contributed by atoms with E-state index in [4.69, 9.17) is 23.4 Å². The van der Waals surface area contributed by atoms with E-state index < -0.39 is 67.2 Å². The molecule has 2 aliphatic heterocycles. The Balaban J connectivity index is 0.000000238. The van der Waals surface area contributed by atoms with Crippen molar-refractivity contribution in [2.24, 2.45) is 0 Å². The largest absolute Gasteiger partial charge is 0.443 e. The number of nitrogens with zero attached hydrogens (tertiary/aromatic N) is 3. The number of H-pyrrole nitrogens is 1. The minimum absolute atomic E-state index is 0.00254. The van der Waals surface area contributed by atoms with Crippen molar-refractivity contribution in [2.45, 2.75) is 147 Å². The Morgan fingerprint density at radius 3 is 2.06 bits per heavy atom. The van der Waals surface area contributed by atoms with Gasteiger partial charge in [-0.2, -0.15) is 4.57 Å². The van der Waals surface area contributed by atoms with Gasteiger partial charge in [0.1, 0.15) is 24.2 Å². The highest BCUT2D eigenvalue weighted by molar-refractivity contribution is 9.08. The van der Waals surface area contributed by atoms with Crippen molar-refractivity contribution < 1.29 is 38.4 Å². The summed E-state index contributed by atoms with van der Waals surface area (Å²) >= 11 is 3.28. The van der Waals surface area contributed by atoms with Crippen LogP contribution in [-0.4, -0.2) is 79.9 Å². The molecular weight excluding hydrogens is 897 g/mol. The lowest BCUT2D eigenvalue weighted by Crippen LogP contribution is -2.47. The second-order valence-corrected chi connectivity index (χ2v) is 23.6. The molecule has 2 fully saturated rings. The zero-order chi connectivity index (χ0) is 46.4. The van der Waals surface area contributed by atoms with E-state index in [1.54, 1.807) is 20.8 Å². The zero-order valence-electron chi connectivity index (χ0n) is 37.5. The number of aromatic nitrogens is 4. The summed E-state index contributed by atoms with van der Waals surface area (Å²) in [6.45, 7) is 17.9. The molecule has 2 aliphatic rings. The van der Waals surface area contributed by atoms with Gasteiger partial charge in [-0.15, -0.1) is 0 Å². The molecule has 16 nitrogen and oxygen atoms in total. The van der Waals surface area contributed by atoms with Crippen molar-refractivity contribution in [3.63, 3.8) is 0 Å². The monoisotopic (exact) mass is 956 g/mol. The second kappa shape index (κ2) is 20.7. The smallest absolute Gasteiger partial charge is 0.425 e. The van der Waals surface area contributed by atoms with Gasteiger partial charge in [-0.3, -0.25) is 23.7 Å². The van der Waals surface area contributed by atoms with Crippen LogP contribution < -0.4 is 22.5 Å². The number of hydrogen-bond acceptors (Lipinski definition) is 12. The molecule has 344 valence electrons. The molecule has 3 N–H and O–H groups in total. The summed E-state index contributed by atoms with van der Waals surface area (Å²) in [6.07, 6.45) is -0.244. The van der Waals surface area contributed by atoms with Gasteiger partial charge >= 0.3 is 17.5 Å². The van der Waals surface area contributed by atoms with Crippen molar-refractivity contribution in [2.75, 3.05) is 6.61 Å². The molecule has 4 heterocycles. The number of benzene rings is 2. The Kier molecular flexibility index (Phi) is 16.3. The SMILES string of the molecule is CC[C@H]1O[C@@H](n2cc(CBr)c(=O)n(C(=O)OC(C)(C)C)c2=O)C[C@H]1O[Si](C)(C)C(C)(C)C.O=c1[nH]c(=O)n([C@H]2C[C@@H](O)[C@@H](CO)O2)cc1COCc1ccccc1-c1ccccc1. The van der Waals surface area contributed by atoms with Crippen molar-refractivity contribution >= 4 is 30.3 Å². The van der Waals surface area contributed by atoms with Crippen LogP contribution in [0.3, 0.4) is 0 Å². The first-order chi connectivity index (χ1) is 29.6. The third-order valence-electron chi connectivity index (χ3n) is 11.4. The topological polar surface area (TPSA) is 203 Å². The number of halogens is 1. The van der Waals surface area contributed by atoms with Crippen molar-refractivity contribution in [1.29, 1.82) is 0 Å². The molecule has 2 aromatic heterocycles. The molecular formula is C45H61BrN4O12Si. The summed E-state index contributed by atoms with van der Waals surface area (Å²) < 4.78 is 32.5. The van der Waals surface area contributed by atoms with Crippen LogP contribution in [0.5, 0.6) is 0 Å². The second-order valence-electron chi connectivity index (χ2n) is 18.2. The van der Waals surface area contributed by atoms with E-state index in [0.29, 0.717) is 11.0 Å². The van der Waals surface area contributed by atoms with E-state index in [1.165, 1.54) is 21.5 Å². The highest BCUT2D eigenvalue weighted by Crippen LogP contribution is 2.41. The Hall–Kier alpha value is -4.27. The van der Waals surface area contributed by atoms with E-state index in [2.05, 4.69) is 54.8 Å². The molecule has 0 radical (unpaired) electrons. The number of hydrogen-bond donors (Lipinski definition) is 3. The number of ether oxygens (including phenoxy) is 4. The molecule has 4 aromatic rings. The van der Waals surface area contributed by atoms with Crippen LogP contribution >= 0.6 is 15.9 Å². The molecule has 2 aromatic carbocycles. The maximum absolute atomic E-state index is 13.2. The number of aromatic amines is 1. The average Bonchev–Trinajstić information content (AvgIpc) is 3.80. The maximum atomic E-state index is 13.2. The van der Waals surface area contributed by atoms with Gasteiger partial charge in [0, 0.05) is 36.1 Å². The third kappa shape index (κ3) is 12.1. The van der Waals surface area contributed by atoms with Gasteiger partial charge in [0.15, 0.2) is 8.32 Å². The molecule has 2 saturated heterocycles. The van der Waals surface area contributed by atoms with Gasteiger partial charge < -0.3 is 33.6 Å². The first-order valence-electron chi connectivity index (χ1n) is 21.1. The molecule has 6 atom stereocenters. The lowest BCUT2D eigenvalue weighted by molar-refractivity contribution is -0.0461. The van der Waals surface area contributed by atoms with E-state index in [1.807, 2.05) is 61.5 Å². The predicted molar refractivity (Wildman–Crippen MR) is 243 cm³/mol. The van der Waals surface area contributed by atoms with E-state index in [9.17, 15) is 34.2 Å². The molecule has 6 rings (SSSR count). The number of aliphatic hydroxyl groups is 2. The van der Waals surface area contributed by atoms with Crippen LogP contribution in [0.15, 0.2) is 86.2 Å². The minimum Gasteiger partial charge on any atom is -0.443 e. The molecule has 0 amide bonds.